The molecule has 6 heteroatoms. The molecule has 4 nitrogen and oxygen atoms in total. The van der Waals surface area contributed by atoms with Crippen LogP contribution < -0.4 is 4.72 Å². The summed E-state index contributed by atoms with van der Waals surface area (Å²) in [5, 5.41) is 0. The molecule has 0 aliphatic heterocycles. The number of hydrogen-bond donors (Lipinski definition) is 1. The average molecular weight is 344 g/mol. The minimum atomic E-state index is -3.55. The molecule has 0 aliphatic carbocycles. The topological polar surface area (TPSA) is 59.3 Å². The van der Waals surface area contributed by atoms with Crippen LogP contribution in [-0.2, 0) is 10.0 Å². The number of halogens is 1. The predicted octanol–water partition coefficient (Wildman–Crippen LogP) is 3.39. The van der Waals surface area contributed by atoms with Crippen LogP contribution in [0.2, 0.25) is 0 Å². The fraction of sp³-hybridized carbons (Fsp3) is 0.231. The molecule has 0 bridgehead atoms. The third-order valence-corrected chi connectivity index (χ3v) is 4.73. The maximum Gasteiger partial charge on any atom is 0.241 e. The Hall–Kier alpha value is -1.11. The highest BCUT2D eigenvalue weighted by Gasteiger charge is 2.19. The first-order chi connectivity index (χ1) is 8.88. The quantitative estimate of drug-likeness (QED) is 0.925. The van der Waals surface area contributed by atoms with Crippen molar-refractivity contribution in [3.8, 4) is 0 Å². The van der Waals surface area contributed by atoms with Gasteiger partial charge >= 0.3 is 0 Å². The Kier molecular flexibility index (Phi) is 4.13. The van der Waals surface area contributed by atoms with Gasteiger partial charge in [-0.3, -0.25) is 0 Å². The Morgan fingerprint density at radius 2 is 1.79 bits per heavy atom. The molecule has 0 amide bonds. The van der Waals surface area contributed by atoms with Crippen LogP contribution in [0.3, 0.4) is 0 Å². The molecule has 2 rings (SSSR count). The number of sulfonamides is 1. The molecule has 2 aromatic rings. The van der Waals surface area contributed by atoms with Crippen LogP contribution in [0.1, 0.15) is 24.5 Å². The first kappa shape index (κ1) is 14.3. The van der Waals surface area contributed by atoms with E-state index in [9.17, 15) is 8.42 Å². The summed E-state index contributed by atoms with van der Waals surface area (Å²) in [6.45, 7) is 3.56. The molecule has 102 valence electrons. The van der Waals surface area contributed by atoms with Gasteiger partial charge in [-0.25, -0.2) is 13.1 Å². The van der Waals surface area contributed by atoms with Crippen LogP contribution in [-0.4, -0.2) is 8.42 Å². The highest BCUT2D eigenvalue weighted by atomic mass is 79.9. The third kappa shape index (κ3) is 3.46. The second-order valence-electron chi connectivity index (χ2n) is 4.25. The van der Waals surface area contributed by atoms with Gasteiger partial charge in [-0.15, -0.1) is 0 Å². The van der Waals surface area contributed by atoms with E-state index in [0.717, 1.165) is 10.2 Å². The van der Waals surface area contributed by atoms with Gasteiger partial charge in [0, 0.05) is 4.47 Å². The van der Waals surface area contributed by atoms with E-state index < -0.39 is 16.1 Å². The molecule has 0 spiro atoms. The summed E-state index contributed by atoms with van der Waals surface area (Å²) in [5.74, 6) is 1.35. The molecule has 1 aromatic heterocycles. The predicted molar refractivity (Wildman–Crippen MR) is 76.3 cm³/mol. The van der Waals surface area contributed by atoms with E-state index in [0.29, 0.717) is 5.76 Å². The van der Waals surface area contributed by atoms with Crippen LogP contribution in [0.25, 0.3) is 0 Å². The number of hydrogen-bond acceptors (Lipinski definition) is 3. The fourth-order valence-electron chi connectivity index (χ4n) is 1.66. The summed E-state index contributed by atoms with van der Waals surface area (Å²) >= 11 is 3.27. The van der Waals surface area contributed by atoms with Crippen LogP contribution in [0, 0.1) is 6.92 Å². The lowest BCUT2D eigenvalue weighted by molar-refractivity contribution is 0.441. The Morgan fingerprint density at radius 3 is 2.32 bits per heavy atom. The van der Waals surface area contributed by atoms with Crippen molar-refractivity contribution in [3.63, 3.8) is 0 Å². The summed E-state index contributed by atoms with van der Waals surface area (Å²) in [6.07, 6.45) is 0. The van der Waals surface area contributed by atoms with Gasteiger partial charge in [0.2, 0.25) is 10.0 Å². The summed E-state index contributed by atoms with van der Waals surface area (Å²) in [4.78, 5) is 0.228. The maximum atomic E-state index is 12.2. The smallest absolute Gasteiger partial charge is 0.241 e. The lowest BCUT2D eigenvalue weighted by Crippen LogP contribution is -2.26. The van der Waals surface area contributed by atoms with Gasteiger partial charge in [0.05, 0.1) is 10.9 Å². The zero-order valence-corrected chi connectivity index (χ0v) is 13.0. The second kappa shape index (κ2) is 5.48. The molecule has 1 unspecified atom stereocenters. The first-order valence-corrected chi connectivity index (χ1v) is 8.00. The standard InChI is InChI=1S/C13H14BrNO3S/c1-9-3-8-13(18-9)10(2)15-19(16,17)12-6-4-11(14)5-7-12/h3-8,10,15H,1-2H3. The Balaban J connectivity index is 2.19. The summed E-state index contributed by atoms with van der Waals surface area (Å²) in [7, 11) is -3.55. The largest absolute Gasteiger partial charge is 0.465 e. The van der Waals surface area contributed by atoms with Crippen molar-refractivity contribution in [1.82, 2.24) is 4.72 Å². The van der Waals surface area contributed by atoms with Crippen LogP contribution in [0.5, 0.6) is 0 Å². The van der Waals surface area contributed by atoms with E-state index in [2.05, 4.69) is 20.7 Å². The van der Waals surface area contributed by atoms with E-state index in [1.807, 2.05) is 6.92 Å². The third-order valence-electron chi connectivity index (χ3n) is 2.64. The summed E-state index contributed by atoms with van der Waals surface area (Å²) in [6, 6.07) is 9.64. The number of nitrogens with one attached hydrogen (secondary N) is 1. The van der Waals surface area contributed by atoms with E-state index in [1.165, 1.54) is 0 Å². The Bertz CT molecular complexity index is 661. The van der Waals surface area contributed by atoms with Crippen molar-refractivity contribution in [2.75, 3.05) is 0 Å². The highest BCUT2D eigenvalue weighted by Crippen LogP contribution is 2.20. The van der Waals surface area contributed by atoms with Gasteiger partial charge in [0.1, 0.15) is 11.5 Å². The molecule has 0 fully saturated rings. The van der Waals surface area contributed by atoms with Crippen LogP contribution in [0.4, 0.5) is 0 Å². The maximum absolute atomic E-state index is 12.2. The lowest BCUT2D eigenvalue weighted by Gasteiger charge is -2.12. The first-order valence-electron chi connectivity index (χ1n) is 5.73. The zero-order chi connectivity index (χ0) is 14.0. The van der Waals surface area contributed by atoms with Crippen molar-refractivity contribution in [3.05, 3.63) is 52.4 Å². The Morgan fingerprint density at radius 1 is 1.16 bits per heavy atom. The zero-order valence-electron chi connectivity index (χ0n) is 10.6. The average Bonchev–Trinajstić information content (AvgIpc) is 2.76. The van der Waals surface area contributed by atoms with Gasteiger partial charge in [-0.05, 0) is 50.2 Å². The van der Waals surface area contributed by atoms with E-state index in [4.69, 9.17) is 4.42 Å². The van der Waals surface area contributed by atoms with Crippen LogP contribution >= 0.6 is 15.9 Å². The monoisotopic (exact) mass is 343 g/mol. The highest BCUT2D eigenvalue weighted by molar-refractivity contribution is 9.10. The summed E-state index contributed by atoms with van der Waals surface area (Å²) in [5.41, 5.74) is 0. The SMILES string of the molecule is Cc1ccc(C(C)NS(=O)(=O)c2ccc(Br)cc2)o1. The van der Waals surface area contributed by atoms with Crippen molar-refractivity contribution in [2.24, 2.45) is 0 Å². The molecular formula is C13H14BrNO3S. The number of rotatable bonds is 4. The van der Waals surface area contributed by atoms with Crippen molar-refractivity contribution < 1.29 is 12.8 Å². The van der Waals surface area contributed by atoms with Gasteiger partial charge in [0.25, 0.3) is 0 Å². The summed E-state index contributed by atoms with van der Waals surface area (Å²) < 4.78 is 33.2. The van der Waals surface area contributed by atoms with Crippen molar-refractivity contribution >= 4 is 26.0 Å². The molecule has 0 saturated heterocycles. The van der Waals surface area contributed by atoms with Gasteiger partial charge in [-0.1, -0.05) is 15.9 Å². The number of benzene rings is 1. The lowest BCUT2D eigenvalue weighted by atomic mass is 10.3. The number of furan rings is 1. The van der Waals surface area contributed by atoms with E-state index in [1.54, 1.807) is 43.3 Å². The Labute approximate surface area is 121 Å². The molecule has 0 aliphatic rings. The van der Waals surface area contributed by atoms with Gasteiger partial charge < -0.3 is 4.42 Å². The molecule has 0 radical (unpaired) electrons. The number of aryl methyl sites for hydroxylation is 1. The molecule has 19 heavy (non-hydrogen) atoms. The van der Waals surface area contributed by atoms with Crippen LogP contribution in [0.15, 0.2) is 50.2 Å². The van der Waals surface area contributed by atoms with Gasteiger partial charge in [0.15, 0.2) is 0 Å². The van der Waals surface area contributed by atoms with E-state index >= 15 is 0 Å². The minimum absolute atomic E-state index is 0.228. The molecule has 0 saturated carbocycles. The second-order valence-corrected chi connectivity index (χ2v) is 6.87. The molecular weight excluding hydrogens is 330 g/mol. The molecule has 1 atom stereocenters. The normalized spacial score (nSPS) is 13.4. The fourth-order valence-corrected chi connectivity index (χ4v) is 3.14. The molecule has 1 aromatic carbocycles. The van der Waals surface area contributed by atoms with E-state index in [-0.39, 0.29) is 4.90 Å². The molecule has 1 N–H and O–H groups in total. The minimum Gasteiger partial charge on any atom is -0.465 e. The van der Waals surface area contributed by atoms with Gasteiger partial charge in [-0.2, -0.15) is 0 Å². The van der Waals surface area contributed by atoms with Crippen molar-refractivity contribution in [1.29, 1.82) is 0 Å². The molecule has 1 heterocycles. The van der Waals surface area contributed by atoms with Crippen molar-refractivity contribution in [2.45, 2.75) is 24.8 Å².